The molecule has 1 atom stereocenters. The molecule has 0 radical (unpaired) electrons. The van der Waals surface area contributed by atoms with Crippen molar-refractivity contribution in [1.29, 1.82) is 0 Å². The predicted octanol–water partition coefficient (Wildman–Crippen LogP) is 3.21. The van der Waals surface area contributed by atoms with Gasteiger partial charge in [0.1, 0.15) is 0 Å². The Labute approximate surface area is 163 Å². The fourth-order valence-corrected chi connectivity index (χ4v) is 3.52. The number of esters is 1. The summed E-state index contributed by atoms with van der Waals surface area (Å²) in [7, 11) is 0. The highest BCUT2D eigenvalue weighted by molar-refractivity contribution is 7.98. The molecule has 0 aliphatic heterocycles. The number of carbonyl (C=O) groups is 2. The van der Waals surface area contributed by atoms with Crippen molar-refractivity contribution in [3.8, 4) is 0 Å². The van der Waals surface area contributed by atoms with Gasteiger partial charge in [-0.05, 0) is 51.3 Å². The maximum absolute atomic E-state index is 12.6. The van der Waals surface area contributed by atoms with Crippen LogP contribution in [0.15, 0.2) is 35.5 Å². The molecule has 1 aliphatic carbocycles. The molecular weight excluding hydrogens is 362 g/mol. The molecule has 0 spiro atoms. The van der Waals surface area contributed by atoms with E-state index in [2.05, 4.69) is 15.3 Å². The number of rotatable bonds is 7. The summed E-state index contributed by atoms with van der Waals surface area (Å²) in [5, 5.41) is 3.52. The van der Waals surface area contributed by atoms with Crippen LogP contribution in [0.5, 0.6) is 0 Å². The summed E-state index contributed by atoms with van der Waals surface area (Å²) in [5.41, 5.74) is 3.10. The molecule has 27 heavy (non-hydrogen) atoms. The Morgan fingerprint density at radius 2 is 1.89 bits per heavy atom. The van der Waals surface area contributed by atoms with Crippen LogP contribution in [0.4, 0.5) is 0 Å². The number of benzene rings is 1. The van der Waals surface area contributed by atoms with Gasteiger partial charge in [-0.2, -0.15) is 0 Å². The van der Waals surface area contributed by atoms with E-state index in [1.807, 2.05) is 32.0 Å². The van der Waals surface area contributed by atoms with Crippen LogP contribution in [0.25, 0.3) is 0 Å². The molecule has 1 saturated carbocycles. The second-order valence-electron chi connectivity index (χ2n) is 6.71. The van der Waals surface area contributed by atoms with Crippen molar-refractivity contribution in [2.45, 2.75) is 56.7 Å². The lowest BCUT2D eigenvalue weighted by Gasteiger charge is -2.14. The highest BCUT2D eigenvalue weighted by Crippen LogP contribution is 2.23. The molecule has 3 rings (SSSR count). The lowest BCUT2D eigenvalue weighted by molar-refractivity contribution is -0.129. The molecule has 142 valence electrons. The van der Waals surface area contributed by atoms with Crippen LogP contribution in [-0.2, 0) is 15.3 Å². The SMILES string of the molecule is Cc1cc(C)nc(SCc2ccccc2C(=O)O[C@@H](C)C(=O)NC2CC2)n1. The third kappa shape index (κ3) is 5.53. The number of hydrogen-bond acceptors (Lipinski definition) is 6. The number of amides is 1. The van der Waals surface area contributed by atoms with E-state index in [0.29, 0.717) is 16.5 Å². The van der Waals surface area contributed by atoms with Crippen LogP contribution >= 0.6 is 11.8 Å². The number of hydrogen-bond donors (Lipinski definition) is 1. The van der Waals surface area contributed by atoms with Crippen LogP contribution in [0.1, 0.15) is 47.1 Å². The van der Waals surface area contributed by atoms with Crippen LogP contribution in [0.3, 0.4) is 0 Å². The molecule has 6 nitrogen and oxygen atoms in total. The number of nitrogens with one attached hydrogen (secondary N) is 1. The maximum atomic E-state index is 12.6. The molecule has 0 unspecified atom stereocenters. The van der Waals surface area contributed by atoms with Crippen LogP contribution < -0.4 is 5.32 Å². The first kappa shape index (κ1) is 19.4. The van der Waals surface area contributed by atoms with E-state index in [1.165, 1.54) is 11.8 Å². The summed E-state index contributed by atoms with van der Waals surface area (Å²) in [4.78, 5) is 33.4. The Balaban J connectivity index is 1.65. The summed E-state index contributed by atoms with van der Waals surface area (Å²) in [6.07, 6.45) is 1.17. The molecule has 0 bridgehead atoms. The largest absolute Gasteiger partial charge is 0.449 e. The van der Waals surface area contributed by atoms with E-state index < -0.39 is 12.1 Å². The molecule has 1 aromatic carbocycles. The highest BCUT2D eigenvalue weighted by atomic mass is 32.2. The maximum Gasteiger partial charge on any atom is 0.339 e. The Bertz CT molecular complexity index is 832. The Kier molecular flexibility index (Phi) is 6.11. The molecule has 1 aliphatic rings. The summed E-state index contributed by atoms with van der Waals surface area (Å²) >= 11 is 1.47. The van der Waals surface area contributed by atoms with Gasteiger partial charge >= 0.3 is 5.97 Å². The third-order valence-electron chi connectivity index (χ3n) is 4.13. The van der Waals surface area contributed by atoms with Crippen molar-refractivity contribution in [2.24, 2.45) is 0 Å². The minimum Gasteiger partial charge on any atom is -0.449 e. The number of thioether (sulfide) groups is 1. The number of ether oxygens (including phenoxy) is 1. The monoisotopic (exact) mass is 385 g/mol. The van der Waals surface area contributed by atoms with Gasteiger partial charge in [0.05, 0.1) is 5.56 Å². The molecule has 1 N–H and O–H groups in total. The van der Waals surface area contributed by atoms with E-state index in [1.54, 1.807) is 19.1 Å². The zero-order valence-corrected chi connectivity index (χ0v) is 16.5. The summed E-state index contributed by atoms with van der Waals surface area (Å²) in [6.45, 7) is 5.45. The zero-order chi connectivity index (χ0) is 19.4. The summed E-state index contributed by atoms with van der Waals surface area (Å²) in [6, 6.07) is 9.40. The van der Waals surface area contributed by atoms with E-state index in [4.69, 9.17) is 4.74 Å². The van der Waals surface area contributed by atoms with Crippen molar-refractivity contribution in [3.05, 3.63) is 52.8 Å². The van der Waals surface area contributed by atoms with Gasteiger partial charge in [0.2, 0.25) is 0 Å². The number of nitrogens with zero attached hydrogens (tertiary/aromatic N) is 2. The topological polar surface area (TPSA) is 81.2 Å². The van der Waals surface area contributed by atoms with Crippen molar-refractivity contribution in [1.82, 2.24) is 15.3 Å². The smallest absolute Gasteiger partial charge is 0.339 e. The molecule has 1 heterocycles. The second-order valence-corrected chi connectivity index (χ2v) is 7.65. The summed E-state index contributed by atoms with van der Waals surface area (Å²) < 4.78 is 5.37. The highest BCUT2D eigenvalue weighted by Gasteiger charge is 2.27. The molecule has 0 saturated heterocycles. The standard InChI is InChI=1S/C20H23N3O3S/c1-12-10-13(2)22-20(21-12)27-11-15-6-4-5-7-17(15)19(25)26-14(3)18(24)23-16-8-9-16/h4-7,10,14,16H,8-9,11H2,1-3H3,(H,23,24)/t14-/m0/s1. The minimum absolute atomic E-state index is 0.236. The molecule has 1 aromatic heterocycles. The first-order chi connectivity index (χ1) is 12.9. The Hall–Kier alpha value is -2.41. The lowest BCUT2D eigenvalue weighted by atomic mass is 10.1. The normalized spacial score (nSPS) is 14.5. The summed E-state index contributed by atoms with van der Waals surface area (Å²) in [5.74, 6) is -0.205. The number of carbonyl (C=O) groups excluding carboxylic acids is 2. The number of aryl methyl sites for hydroxylation is 2. The van der Waals surface area contributed by atoms with E-state index in [0.717, 1.165) is 29.8 Å². The first-order valence-corrected chi connectivity index (χ1v) is 9.95. The third-order valence-corrected chi connectivity index (χ3v) is 5.03. The quantitative estimate of drug-likeness (QED) is 0.448. The fourth-order valence-electron chi connectivity index (χ4n) is 2.57. The molecule has 1 fully saturated rings. The minimum atomic E-state index is -0.818. The average Bonchev–Trinajstić information content (AvgIpc) is 3.43. The molecule has 1 amide bonds. The van der Waals surface area contributed by atoms with Gasteiger partial charge in [-0.25, -0.2) is 14.8 Å². The van der Waals surface area contributed by atoms with E-state index in [-0.39, 0.29) is 11.9 Å². The first-order valence-electron chi connectivity index (χ1n) is 8.96. The van der Waals surface area contributed by atoms with Crippen molar-refractivity contribution in [3.63, 3.8) is 0 Å². The molecule has 2 aromatic rings. The van der Waals surface area contributed by atoms with Crippen molar-refractivity contribution in [2.75, 3.05) is 0 Å². The molecular formula is C20H23N3O3S. The van der Waals surface area contributed by atoms with Crippen LogP contribution in [0, 0.1) is 13.8 Å². The van der Waals surface area contributed by atoms with Gasteiger partial charge < -0.3 is 10.1 Å². The van der Waals surface area contributed by atoms with Crippen molar-refractivity contribution >= 4 is 23.6 Å². The van der Waals surface area contributed by atoms with Crippen molar-refractivity contribution < 1.29 is 14.3 Å². The van der Waals surface area contributed by atoms with Gasteiger partial charge in [-0.15, -0.1) is 0 Å². The second kappa shape index (κ2) is 8.52. The Morgan fingerprint density at radius 1 is 1.22 bits per heavy atom. The number of aromatic nitrogens is 2. The van der Waals surface area contributed by atoms with Gasteiger partial charge in [-0.3, -0.25) is 4.79 Å². The Morgan fingerprint density at radius 3 is 2.56 bits per heavy atom. The average molecular weight is 385 g/mol. The van der Waals surface area contributed by atoms with E-state index >= 15 is 0 Å². The fraction of sp³-hybridized carbons (Fsp3) is 0.400. The van der Waals surface area contributed by atoms with Gasteiger partial charge in [0, 0.05) is 23.2 Å². The zero-order valence-electron chi connectivity index (χ0n) is 15.7. The van der Waals surface area contributed by atoms with Gasteiger partial charge in [0.25, 0.3) is 5.91 Å². The lowest BCUT2D eigenvalue weighted by Crippen LogP contribution is -2.37. The van der Waals surface area contributed by atoms with Crippen LogP contribution in [0.2, 0.25) is 0 Å². The predicted molar refractivity (Wildman–Crippen MR) is 104 cm³/mol. The molecule has 7 heteroatoms. The van der Waals surface area contributed by atoms with Gasteiger partial charge in [-0.1, -0.05) is 30.0 Å². The van der Waals surface area contributed by atoms with Crippen LogP contribution in [-0.4, -0.2) is 34.0 Å². The van der Waals surface area contributed by atoms with E-state index in [9.17, 15) is 9.59 Å². The van der Waals surface area contributed by atoms with Gasteiger partial charge in [0.15, 0.2) is 11.3 Å².